The molecular weight excluding hydrogens is 518 g/mol. The van der Waals surface area contributed by atoms with Gasteiger partial charge >= 0.3 is 0 Å². The van der Waals surface area contributed by atoms with Crippen LogP contribution in [0.4, 0.5) is 5.69 Å². The van der Waals surface area contributed by atoms with Crippen LogP contribution in [-0.4, -0.2) is 50.5 Å². The second-order valence-corrected chi connectivity index (χ2v) is 11.1. The SMILES string of the molecule is CCCCNC(=O)[C@H](CC)N(Cc1cccc(C)c1)C(=O)CN(c1ccc(Br)cc1)S(C)(=O)=O. The third-order valence-corrected chi connectivity index (χ3v) is 7.11. The van der Waals surface area contributed by atoms with Gasteiger partial charge in [-0.05, 0) is 49.6 Å². The van der Waals surface area contributed by atoms with Crippen molar-refractivity contribution in [3.63, 3.8) is 0 Å². The van der Waals surface area contributed by atoms with E-state index < -0.39 is 28.5 Å². The Bertz CT molecular complexity index is 1070. The summed E-state index contributed by atoms with van der Waals surface area (Å²) in [5, 5.41) is 2.92. The minimum absolute atomic E-state index is 0.207. The van der Waals surface area contributed by atoms with Crippen molar-refractivity contribution in [3.05, 3.63) is 64.1 Å². The lowest BCUT2D eigenvalue weighted by Crippen LogP contribution is -2.52. The molecule has 1 atom stereocenters. The fourth-order valence-electron chi connectivity index (χ4n) is 3.65. The first kappa shape index (κ1) is 27.9. The average Bonchev–Trinajstić information content (AvgIpc) is 2.77. The number of hydrogen-bond donors (Lipinski definition) is 1. The molecule has 0 saturated heterocycles. The van der Waals surface area contributed by atoms with Crippen LogP contribution in [0.25, 0.3) is 0 Å². The van der Waals surface area contributed by atoms with Crippen molar-refractivity contribution in [1.29, 1.82) is 0 Å². The van der Waals surface area contributed by atoms with Crippen molar-refractivity contribution in [2.75, 3.05) is 23.7 Å². The molecule has 34 heavy (non-hydrogen) atoms. The van der Waals surface area contributed by atoms with Crippen molar-refractivity contribution in [1.82, 2.24) is 10.2 Å². The van der Waals surface area contributed by atoms with Crippen LogP contribution in [0.2, 0.25) is 0 Å². The molecule has 2 aromatic carbocycles. The third-order valence-electron chi connectivity index (χ3n) is 5.44. The van der Waals surface area contributed by atoms with Crippen LogP contribution in [0, 0.1) is 6.92 Å². The topological polar surface area (TPSA) is 86.8 Å². The molecule has 0 saturated carbocycles. The molecule has 0 unspecified atom stereocenters. The molecule has 0 aliphatic heterocycles. The molecule has 1 N–H and O–H groups in total. The first-order valence-electron chi connectivity index (χ1n) is 11.4. The number of amides is 2. The van der Waals surface area contributed by atoms with E-state index in [-0.39, 0.29) is 12.5 Å². The van der Waals surface area contributed by atoms with Gasteiger partial charge in [-0.2, -0.15) is 0 Å². The Hall–Kier alpha value is -2.39. The van der Waals surface area contributed by atoms with Gasteiger partial charge in [-0.3, -0.25) is 13.9 Å². The molecule has 2 amide bonds. The number of nitrogens with one attached hydrogen (secondary N) is 1. The summed E-state index contributed by atoms with van der Waals surface area (Å²) in [5.74, 6) is -0.668. The number of rotatable bonds is 12. The second kappa shape index (κ2) is 12.9. The van der Waals surface area contributed by atoms with Crippen LogP contribution in [0.15, 0.2) is 53.0 Å². The van der Waals surface area contributed by atoms with E-state index >= 15 is 0 Å². The van der Waals surface area contributed by atoms with Crippen molar-refractivity contribution < 1.29 is 18.0 Å². The molecule has 0 bridgehead atoms. The molecule has 0 aromatic heterocycles. The van der Waals surface area contributed by atoms with E-state index in [1.807, 2.05) is 45.0 Å². The van der Waals surface area contributed by atoms with Crippen molar-refractivity contribution in [3.8, 4) is 0 Å². The van der Waals surface area contributed by atoms with Crippen LogP contribution in [0.1, 0.15) is 44.2 Å². The summed E-state index contributed by atoms with van der Waals surface area (Å²) in [5.41, 5.74) is 2.30. The Morgan fingerprint density at radius 2 is 1.76 bits per heavy atom. The lowest BCUT2D eigenvalue weighted by atomic mass is 10.1. The van der Waals surface area contributed by atoms with Gasteiger partial charge < -0.3 is 10.2 Å². The zero-order chi connectivity index (χ0) is 25.3. The number of nitrogens with zero attached hydrogens (tertiary/aromatic N) is 2. The molecule has 0 aliphatic rings. The zero-order valence-corrected chi connectivity index (χ0v) is 22.7. The second-order valence-electron chi connectivity index (χ2n) is 8.33. The highest BCUT2D eigenvalue weighted by atomic mass is 79.9. The average molecular weight is 553 g/mol. The summed E-state index contributed by atoms with van der Waals surface area (Å²) in [4.78, 5) is 28.1. The third kappa shape index (κ3) is 8.13. The van der Waals surface area contributed by atoms with E-state index in [4.69, 9.17) is 0 Å². The van der Waals surface area contributed by atoms with E-state index in [1.54, 1.807) is 24.3 Å². The summed E-state index contributed by atoms with van der Waals surface area (Å²) in [7, 11) is -3.74. The van der Waals surface area contributed by atoms with Gasteiger partial charge in [-0.15, -0.1) is 0 Å². The maximum absolute atomic E-state index is 13.6. The molecule has 7 nitrogen and oxygen atoms in total. The molecule has 0 fully saturated rings. The van der Waals surface area contributed by atoms with Crippen LogP contribution in [-0.2, 0) is 26.2 Å². The number of sulfonamides is 1. The highest BCUT2D eigenvalue weighted by molar-refractivity contribution is 9.10. The van der Waals surface area contributed by atoms with Crippen LogP contribution >= 0.6 is 15.9 Å². The number of unbranched alkanes of at least 4 members (excludes halogenated alkanes) is 1. The molecule has 0 radical (unpaired) electrons. The Morgan fingerprint density at radius 3 is 2.32 bits per heavy atom. The standard InChI is InChI=1S/C25H34BrN3O4S/c1-5-7-15-27-25(31)23(6-2)28(17-20-10-8-9-19(3)16-20)24(30)18-29(34(4,32)33)22-13-11-21(26)12-14-22/h8-14,16,23H,5-7,15,17-18H2,1-4H3,(H,27,31)/t23-/m0/s1. The zero-order valence-electron chi connectivity index (χ0n) is 20.3. The van der Waals surface area contributed by atoms with Gasteiger partial charge in [0.1, 0.15) is 12.6 Å². The number of hydrogen-bond acceptors (Lipinski definition) is 4. The largest absolute Gasteiger partial charge is 0.354 e. The molecule has 2 aromatic rings. The minimum atomic E-state index is -3.74. The summed E-state index contributed by atoms with van der Waals surface area (Å²) < 4.78 is 27.1. The number of halogens is 1. The maximum Gasteiger partial charge on any atom is 0.244 e. The van der Waals surface area contributed by atoms with Gasteiger partial charge in [-0.1, -0.05) is 66.0 Å². The molecule has 0 heterocycles. The van der Waals surface area contributed by atoms with Crippen LogP contribution < -0.4 is 9.62 Å². The Morgan fingerprint density at radius 1 is 1.09 bits per heavy atom. The maximum atomic E-state index is 13.6. The molecular formula is C25H34BrN3O4S. The number of carbonyl (C=O) groups excluding carboxylic acids is 2. The smallest absolute Gasteiger partial charge is 0.244 e. The van der Waals surface area contributed by atoms with Gasteiger partial charge in [0.2, 0.25) is 21.8 Å². The lowest BCUT2D eigenvalue weighted by Gasteiger charge is -2.33. The molecule has 0 aliphatic carbocycles. The van der Waals surface area contributed by atoms with Gasteiger partial charge in [0, 0.05) is 17.6 Å². The van der Waals surface area contributed by atoms with Crippen molar-refractivity contribution >= 4 is 43.5 Å². The van der Waals surface area contributed by atoms with Crippen LogP contribution in [0.5, 0.6) is 0 Å². The van der Waals surface area contributed by atoms with E-state index in [2.05, 4.69) is 21.2 Å². The first-order chi connectivity index (χ1) is 16.1. The highest BCUT2D eigenvalue weighted by Gasteiger charge is 2.31. The van der Waals surface area contributed by atoms with Gasteiger partial charge in [-0.25, -0.2) is 8.42 Å². The van der Waals surface area contributed by atoms with E-state index in [0.29, 0.717) is 18.7 Å². The molecule has 186 valence electrons. The number of carbonyl (C=O) groups is 2. The molecule has 2 rings (SSSR count). The predicted octanol–water partition coefficient (Wildman–Crippen LogP) is 4.25. The number of aryl methyl sites for hydroxylation is 1. The summed E-state index contributed by atoms with van der Waals surface area (Å²) >= 11 is 3.34. The summed E-state index contributed by atoms with van der Waals surface area (Å²) in [6, 6.07) is 13.7. The van der Waals surface area contributed by atoms with Crippen molar-refractivity contribution in [2.24, 2.45) is 0 Å². The first-order valence-corrected chi connectivity index (χ1v) is 14.1. The van der Waals surface area contributed by atoms with Gasteiger partial charge in [0.05, 0.1) is 11.9 Å². The highest BCUT2D eigenvalue weighted by Crippen LogP contribution is 2.22. The minimum Gasteiger partial charge on any atom is -0.354 e. The molecule has 0 spiro atoms. The Kier molecular flexibility index (Phi) is 10.6. The quantitative estimate of drug-likeness (QED) is 0.399. The van der Waals surface area contributed by atoms with E-state index in [9.17, 15) is 18.0 Å². The van der Waals surface area contributed by atoms with Gasteiger partial charge in [0.25, 0.3) is 0 Å². The Labute approximate surface area is 211 Å². The predicted molar refractivity (Wildman–Crippen MR) is 140 cm³/mol. The van der Waals surface area contributed by atoms with E-state index in [1.165, 1.54) is 4.90 Å². The van der Waals surface area contributed by atoms with E-state index in [0.717, 1.165) is 39.0 Å². The summed E-state index contributed by atoms with van der Waals surface area (Å²) in [6.07, 6.45) is 3.27. The number of anilines is 1. The van der Waals surface area contributed by atoms with Crippen LogP contribution in [0.3, 0.4) is 0 Å². The fourth-order valence-corrected chi connectivity index (χ4v) is 4.77. The normalized spacial score (nSPS) is 12.1. The van der Waals surface area contributed by atoms with Crippen molar-refractivity contribution in [2.45, 2.75) is 52.6 Å². The number of benzene rings is 2. The monoisotopic (exact) mass is 551 g/mol. The lowest BCUT2D eigenvalue weighted by molar-refractivity contribution is -0.140. The summed E-state index contributed by atoms with van der Waals surface area (Å²) in [6.45, 7) is 6.20. The Balaban J connectivity index is 2.39. The molecule has 9 heteroatoms. The van der Waals surface area contributed by atoms with Gasteiger partial charge in [0.15, 0.2) is 0 Å². The fraction of sp³-hybridized carbons (Fsp3) is 0.440.